The van der Waals surface area contributed by atoms with Crippen LogP contribution in [-0.4, -0.2) is 20.2 Å². The zero-order chi connectivity index (χ0) is 22.5. The second-order valence-electron chi connectivity index (χ2n) is 7.48. The molecule has 1 heterocycles. The maximum Gasteiger partial charge on any atom is 0.337 e. The first kappa shape index (κ1) is 21.6. The van der Waals surface area contributed by atoms with E-state index in [4.69, 9.17) is 15.2 Å². The molecule has 32 heavy (non-hydrogen) atoms. The average Bonchev–Trinajstić information content (AvgIpc) is 3.28. The number of nitrogens with two attached hydrogens (primary N) is 1. The number of ether oxygens (including phenoxy) is 2. The molecule has 162 valence electrons. The third kappa shape index (κ3) is 4.81. The van der Waals surface area contributed by atoms with Crippen molar-refractivity contribution < 1.29 is 19.3 Å². The summed E-state index contributed by atoms with van der Waals surface area (Å²) in [5.41, 5.74) is 12.2. The van der Waals surface area contributed by atoms with Crippen molar-refractivity contribution >= 4 is 22.4 Å². The van der Waals surface area contributed by atoms with E-state index in [1.54, 1.807) is 19.2 Å². The molecular formula is C26H25N2O3S+. The average molecular weight is 446 g/mol. The maximum absolute atomic E-state index is 11.6. The van der Waals surface area contributed by atoms with Crippen LogP contribution in [0.2, 0.25) is 0 Å². The van der Waals surface area contributed by atoms with Gasteiger partial charge in [-0.3, -0.25) is 5.73 Å². The second kappa shape index (κ2) is 9.66. The molecule has 3 N–H and O–H groups in total. The van der Waals surface area contributed by atoms with E-state index >= 15 is 0 Å². The monoisotopic (exact) mass is 445 g/mol. The third-order valence-electron chi connectivity index (χ3n) is 5.51. The summed E-state index contributed by atoms with van der Waals surface area (Å²) >= 11 is 1.51. The van der Waals surface area contributed by atoms with Crippen LogP contribution in [0.3, 0.4) is 0 Å². The normalized spacial score (nSPS) is 11.7. The van der Waals surface area contributed by atoms with Gasteiger partial charge >= 0.3 is 11.1 Å². The highest BCUT2D eigenvalue weighted by Gasteiger charge is 2.20. The van der Waals surface area contributed by atoms with E-state index in [1.165, 1.54) is 29.6 Å². The lowest BCUT2D eigenvalue weighted by Crippen LogP contribution is -2.17. The minimum absolute atomic E-state index is 0.152. The molecule has 1 aromatic heterocycles. The molecule has 0 saturated heterocycles. The van der Waals surface area contributed by atoms with Gasteiger partial charge in [-0.05, 0) is 52.9 Å². The molecule has 5 nitrogen and oxygen atoms in total. The Hall–Kier alpha value is -3.64. The Balaban J connectivity index is 1.56. The van der Waals surface area contributed by atoms with E-state index in [1.807, 2.05) is 24.3 Å². The summed E-state index contributed by atoms with van der Waals surface area (Å²) in [6.45, 7) is 0. The Morgan fingerprint density at radius 2 is 1.56 bits per heavy atom. The van der Waals surface area contributed by atoms with Gasteiger partial charge in [0.05, 0.1) is 25.7 Å². The van der Waals surface area contributed by atoms with E-state index < -0.39 is 0 Å². The number of rotatable bonds is 7. The Labute approximate surface area is 191 Å². The summed E-state index contributed by atoms with van der Waals surface area (Å²) in [6, 6.07) is 24.1. The first-order valence-corrected chi connectivity index (χ1v) is 11.1. The number of hydrogen-bond acceptors (Lipinski definition) is 5. The number of hydrogen-bond donors (Lipinski definition) is 1. The molecule has 0 unspecified atom stereocenters. The first-order chi connectivity index (χ1) is 15.6. The molecule has 0 aliphatic carbocycles. The number of anilines is 1. The number of carbonyl (C=O) groups is 1. The van der Waals surface area contributed by atoms with Gasteiger partial charge in [0, 0.05) is 5.38 Å². The minimum atomic E-state index is -0.331. The van der Waals surface area contributed by atoms with Gasteiger partial charge in [-0.25, -0.2) is 9.78 Å². The number of aromatic amines is 1. The van der Waals surface area contributed by atoms with Crippen molar-refractivity contribution in [3.63, 3.8) is 0 Å². The van der Waals surface area contributed by atoms with Crippen LogP contribution >= 0.6 is 11.3 Å². The smallest absolute Gasteiger partial charge is 0.337 e. The molecule has 3 aromatic carbocycles. The van der Waals surface area contributed by atoms with Crippen LogP contribution in [0.25, 0.3) is 11.1 Å². The second-order valence-corrected chi connectivity index (χ2v) is 8.39. The largest absolute Gasteiger partial charge is 0.497 e. The fourth-order valence-corrected chi connectivity index (χ4v) is 4.38. The van der Waals surface area contributed by atoms with Gasteiger partial charge in [0.15, 0.2) is 0 Å². The van der Waals surface area contributed by atoms with Crippen molar-refractivity contribution in [2.45, 2.75) is 12.3 Å². The molecule has 0 saturated carbocycles. The fourth-order valence-electron chi connectivity index (χ4n) is 3.73. The number of carbonyl (C=O) groups excluding carboxylic acids is 1. The summed E-state index contributed by atoms with van der Waals surface area (Å²) in [5, 5.41) is 2.78. The van der Waals surface area contributed by atoms with Gasteiger partial charge in [-0.2, -0.15) is 0 Å². The van der Waals surface area contributed by atoms with Crippen molar-refractivity contribution in [1.82, 2.24) is 0 Å². The molecule has 0 aliphatic heterocycles. The maximum atomic E-state index is 11.6. The lowest BCUT2D eigenvalue weighted by molar-refractivity contribution is -0.368. The van der Waals surface area contributed by atoms with Gasteiger partial charge < -0.3 is 9.47 Å². The Morgan fingerprint density at radius 3 is 2.09 bits per heavy atom. The van der Waals surface area contributed by atoms with Crippen LogP contribution in [0.4, 0.5) is 5.13 Å². The highest BCUT2D eigenvalue weighted by atomic mass is 32.1. The number of esters is 1. The van der Waals surface area contributed by atoms with E-state index in [0.29, 0.717) is 10.7 Å². The van der Waals surface area contributed by atoms with Crippen molar-refractivity contribution in [3.05, 3.63) is 101 Å². The zero-order valence-electron chi connectivity index (χ0n) is 18.0. The summed E-state index contributed by atoms with van der Waals surface area (Å²) in [4.78, 5) is 14.9. The van der Waals surface area contributed by atoms with Crippen LogP contribution in [0.5, 0.6) is 5.75 Å². The number of nitrogen functional groups attached to an aromatic ring is 1. The van der Waals surface area contributed by atoms with Gasteiger partial charge in [0.2, 0.25) is 0 Å². The molecular weight excluding hydrogens is 420 g/mol. The lowest BCUT2D eigenvalue weighted by atomic mass is 9.89. The molecule has 4 rings (SSSR count). The quantitative estimate of drug-likeness (QED) is 0.407. The number of benzene rings is 3. The van der Waals surface area contributed by atoms with Crippen molar-refractivity contribution in [2.75, 3.05) is 20.0 Å². The number of aromatic nitrogens is 1. The number of methoxy groups -OCH3 is 2. The van der Waals surface area contributed by atoms with E-state index in [9.17, 15) is 4.79 Å². The molecule has 6 heteroatoms. The Morgan fingerprint density at radius 1 is 0.938 bits per heavy atom. The molecule has 0 bridgehead atoms. The van der Waals surface area contributed by atoms with Crippen LogP contribution in [0.15, 0.2) is 78.2 Å². The van der Waals surface area contributed by atoms with Gasteiger partial charge in [-0.15, -0.1) is 0 Å². The summed E-state index contributed by atoms with van der Waals surface area (Å²) in [5.74, 6) is 0.658. The van der Waals surface area contributed by atoms with Gasteiger partial charge in [0.1, 0.15) is 11.4 Å². The van der Waals surface area contributed by atoms with Crippen LogP contribution in [-0.2, 0) is 11.2 Å². The number of nitrogens with one attached hydrogen (secondary N) is 1. The molecule has 1 atom stereocenters. The van der Waals surface area contributed by atoms with Gasteiger partial charge in [0.25, 0.3) is 0 Å². The highest BCUT2D eigenvalue weighted by molar-refractivity contribution is 7.13. The lowest BCUT2D eigenvalue weighted by Gasteiger charge is -2.15. The fraction of sp³-hybridized carbons (Fsp3) is 0.154. The topological polar surface area (TPSA) is 75.7 Å². The van der Waals surface area contributed by atoms with E-state index in [2.05, 4.69) is 46.8 Å². The SMILES string of the molecule is COC(=O)c1ccc(-c2ccc(C[C@@H](c3ccc(OC)cc3)c3csc(N)[nH+]3)cc2)cc1. The molecule has 0 radical (unpaired) electrons. The summed E-state index contributed by atoms with van der Waals surface area (Å²) < 4.78 is 10.1. The molecule has 4 aromatic rings. The van der Waals surface area contributed by atoms with Crippen molar-refractivity contribution in [3.8, 4) is 16.9 Å². The van der Waals surface area contributed by atoms with Crippen LogP contribution in [0.1, 0.15) is 33.1 Å². The predicted octanol–water partition coefficient (Wildman–Crippen LogP) is 4.98. The predicted molar refractivity (Wildman–Crippen MR) is 127 cm³/mol. The first-order valence-electron chi connectivity index (χ1n) is 10.2. The van der Waals surface area contributed by atoms with E-state index in [0.717, 1.165) is 29.0 Å². The standard InChI is InChI=1S/C26H24N2O3S/c1-30-22-13-11-20(12-14-22)23(24-16-32-26(27)28-24)15-17-3-5-18(6-4-17)19-7-9-21(10-8-19)25(29)31-2/h3-14,16,23H,15H2,1-2H3,(H2,27,28)/p+1/t23-/m0/s1. The summed E-state index contributed by atoms with van der Waals surface area (Å²) in [7, 11) is 3.06. The third-order valence-corrected chi connectivity index (χ3v) is 6.23. The van der Waals surface area contributed by atoms with Crippen LogP contribution < -0.4 is 15.5 Å². The highest BCUT2D eigenvalue weighted by Crippen LogP contribution is 2.30. The molecule has 0 aliphatic rings. The Bertz CT molecular complexity index is 1180. The van der Waals surface area contributed by atoms with Crippen LogP contribution in [0, 0.1) is 0 Å². The molecule has 0 fully saturated rings. The summed E-state index contributed by atoms with van der Waals surface area (Å²) in [6.07, 6.45) is 0.834. The van der Waals surface area contributed by atoms with E-state index in [-0.39, 0.29) is 11.9 Å². The molecule has 0 amide bonds. The number of thiazole rings is 1. The number of H-pyrrole nitrogens is 1. The van der Waals surface area contributed by atoms with Gasteiger partial charge in [-0.1, -0.05) is 59.9 Å². The molecule has 0 spiro atoms. The zero-order valence-corrected chi connectivity index (χ0v) is 18.8. The minimum Gasteiger partial charge on any atom is -0.497 e. The van der Waals surface area contributed by atoms with Crippen molar-refractivity contribution in [2.24, 2.45) is 0 Å². The van der Waals surface area contributed by atoms with Crippen molar-refractivity contribution in [1.29, 1.82) is 0 Å². The Kier molecular flexibility index (Phi) is 6.52.